The van der Waals surface area contributed by atoms with Crippen molar-refractivity contribution in [3.05, 3.63) is 0 Å². The van der Waals surface area contributed by atoms with Gasteiger partial charge in [-0.05, 0) is 19.8 Å². The molecule has 2 unspecified atom stereocenters. The SMILES string of the molecule is CCNC(=NCC1CCOC1)N1CCC(N2CCOCC2)C1.I. The second-order valence-corrected chi connectivity index (χ2v) is 6.46. The lowest BCUT2D eigenvalue weighted by molar-refractivity contribution is 0.0195. The maximum Gasteiger partial charge on any atom is 0.193 e. The molecule has 0 radical (unpaired) electrons. The van der Waals surface area contributed by atoms with Gasteiger partial charge in [0.1, 0.15) is 0 Å². The molecule has 3 rings (SSSR count). The summed E-state index contributed by atoms with van der Waals surface area (Å²) in [6, 6.07) is 0.655. The number of aliphatic imine (C=N–C) groups is 1. The number of halogens is 1. The minimum Gasteiger partial charge on any atom is -0.381 e. The maximum atomic E-state index is 5.46. The van der Waals surface area contributed by atoms with E-state index in [9.17, 15) is 0 Å². The van der Waals surface area contributed by atoms with Crippen LogP contribution in [0.3, 0.4) is 0 Å². The summed E-state index contributed by atoms with van der Waals surface area (Å²) >= 11 is 0. The molecular formula is C16H31IN4O2. The minimum atomic E-state index is 0. The quantitative estimate of drug-likeness (QED) is 0.404. The van der Waals surface area contributed by atoms with Gasteiger partial charge in [-0.2, -0.15) is 0 Å². The number of guanidine groups is 1. The zero-order valence-electron chi connectivity index (χ0n) is 14.2. The third-order valence-electron chi connectivity index (χ3n) is 4.88. The topological polar surface area (TPSA) is 49.3 Å². The molecule has 0 bridgehead atoms. The summed E-state index contributed by atoms with van der Waals surface area (Å²) in [7, 11) is 0. The van der Waals surface area contributed by atoms with E-state index in [1.807, 2.05) is 0 Å². The number of hydrogen-bond donors (Lipinski definition) is 1. The number of ether oxygens (including phenoxy) is 2. The lowest BCUT2D eigenvalue weighted by Crippen LogP contribution is -2.46. The van der Waals surface area contributed by atoms with Gasteiger partial charge in [0, 0.05) is 57.8 Å². The summed E-state index contributed by atoms with van der Waals surface area (Å²) in [6.07, 6.45) is 2.39. The molecule has 0 aromatic rings. The Morgan fingerprint density at radius 2 is 1.96 bits per heavy atom. The number of morpholine rings is 1. The second-order valence-electron chi connectivity index (χ2n) is 6.46. The van der Waals surface area contributed by atoms with Crippen LogP contribution in [0.4, 0.5) is 0 Å². The summed E-state index contributed by atoms with van der Waals surface area (Å²) in [5.74, 6) is 1.69. The molecule has 2 atom stereocenters. The van der Waals surface area contributed by atoms with Crippen molar-refractivity contribution >= 4 is 29.9 Å². The number of likely N-dealkylation sites (tertiary alicyclic amines) is 1. The first-order chi connectivity index (χ1) is 10.9. The molecule has 3 aliphatic rings. The van der Waals surface area contributed by atoms with Crippen LogP contribution in [0.1, 0.15) is 19.8 Å². The summed E-state index contributed by atoms with van der Waals surface area (Å²) in [5, 5.41) is 3.46. The summed E-state index contributed by atoms with van der Waals surface area (Å²) in [6.45, 7) is 11.8. The van der Waals surface area contributed by atoms with Gasteiger partial charge in [0.2, 0.25) is 0 Å². The number of rotatable bonds is 4. The molecular weight excluding hydrogens is 407 g/mol. The third-order valence-corrected chi connectivity index (χ3v) is 4.88. The van der Waals surface area contributed by atoms with Gasteiger partial charge in [0.25, 0.3) is 0 Å². The van der Waals surface area contributed by atoms with Gasteiger partial charge in [-0.1, -0.05) is 0 Å². The summed E-state index contributed by atoms with van der Waals surface area (Å²) in [5.41, 5.74) is 0. The van der Waals surface area contributed by atoms with E-state index in [4.69, 9.17) is 14.5 Å². The van der Waals surface area contributed by atoms with Crippen molar-refractivity contribution in [2.45, 2.75) is 25.8 Å². The molecule has 6 nitrogen and oxygen atoms in total. The fourth-order valence-corrected chi connectivity index (χ4v) is 3.54. The maximum absolute atomic E-state index is 5.46. The van der Waals surface area contributed by atoms with Crippen LogP contribution in [0.2, 0.25) is 0 Å². The Morgan fingerprint density at radius 1 is 1.13 bits per heavy atom. The van der Waals surface area contributed by atoms with Gasteiger partial charge in [-0.15, -0.1) is 24.0 Å². The van der Waals surface area contributed by atoms with Crippen molar-refractivity contribution in [3.63, 3.8) is 0 Å². The zero-order chi connectivity index (χ0) is 15.2. The average molecular weight is 438 g/mol. The van der Waals surface area contributed by atoms with Gasteiger partial charge in [-0.25, -0.2) is 0 Å². The van der Waals surface area contributed by atoms with E-state index in [-0.39, 0.29) is 24.0 Å². The molecule has 7 heteroatoms. The Balaban J connectivity index is 0.00000192. The van der Waals surface area contributed by atoms with E-state index in [2.05, 4.69) is 22.0 Å². The van der Waals surface area contributed by atoms with Crippen LogP contribution in [0.5, 0.6) is 0 Å². The first-order valence-corrected chi connectivity index (χ1v) is 8.79. The lowest BCUT2D eigenvalue weighted by Gasteiger charge is -2.32. The van der Waals surface area contributed by atoms with Crippen LogP contribution in [-0.2, 0) is 9.47 Å². The Morgan fingerprint density at radius 3 is 2.65 bits per heavy atom. The highest BCUT2D eigenvalue weighted by Crippen LogP contribution is 2.18. The summed E-state index contributed by atoms with van der Waals surface area (Å²) in [4.78, 5) is 9.88. The zero-order valence-corrected chi connectivity index (χ0v) is 16.5. The Kier molecular flexibility index (Phi) is 8.35. The van der Waals surface area contributed by atoms with E-state index in [1.54, 1.807) is 0 Å². The van der Waals surface area contributed by atoms with Crippen molar-refractivity contribution < 1.29 is 9.47 Å². The molecule has 3 aliphatic heterocycles. The first-order valence-electron chi connectivity index (χ1n) is 8.79. The predicted octanol–water partition coefficient (Wildman–Crippen LogP) is 1.01. The van der Waals surface area contributed by atoms with E-state index in [1.165, 1.54) is 6.42 Å². The Hall–Kier alpha value is -0.120. The largest absolute Gasteiger partial charge is 0.381 e. The fraction of sp³-hybridized carbons (Fsp3) is 0.938. The molecule has 0 spiro atoms. The van der Waals surface area contributed by atoms with E-state index >= 15 is 0 Å². The molecule has 0 aliphatic carbocycles. The Bertz CT molecular complexity index is 371. The van der Waals surface area contributed by atoms with Crippen LogP contribution >= 0.6 is 24.0 Å². The van der Waals surface area contributed by atoms with Gasteiger partial charge in [0.15, 0.2) is 5.96 Å². The molecule has 134 valence electrons. The average Bonchev–Trinajstić information content (AvgIpc) is 3.24. The van der Waals surface area contributed by atoms with E-state index in [0.29, 0.717) is 12.0 Å². The molecule has 3 fully saturated rings. The second kappa shape index (κ2) is 10.0. The van der Waals surface area contributed by atoms with Crippen LogP contribution in [0, 0.1) is 5.92 Å². The minimum absolute atomic E-state index is 0. The van der Waals surface area contributed by atoms with Crippen LogP contribution in [0.25, 0.3) is 0 Å². The van der Waals surface area contributed by atoms with Crippen molar-refractivity contribution in [3.8, 4) is 0 Å². The molecule has 0 aromatic heterocycles. The van der Waals surface area contributed by atoms with Gasteiger partial charge >= 0.3 is 0 Å². The first kappa shape index (κ1) is 19.2. The van der Waals surface area contributed by atoms with E-state index in [0.717, 1.165) is 78.1 Å². The van der Waals surface area contributed by atoms with Gasteiger partial charge in [-0.3, -0.25) is 9.89 Å². The predicted molar refractivity (Wildman–Crippen MR) is 103 cm³/mol. The van der Waals surface area contributed by atoms with Gasteiger partial charge < -0.3 is 19.7 Å². The lowest BCUT2D eigenvalue weighted by atomic mass is 10.1. The molecule has 3 saturated heterocycles. The number of hydrogen-bond acceptors (Lipinski definition) is 4. The van der Waals surface area contributed by atoms with E-state index < -0.39 is 0 Å². The van der Waals surface area contributed by atoms with Gasteiger partial charge in [0.05, 0.1) is 19.8 Å². The highest BCUT2D eigenvalue weighted by atomic mass is 127. The van der Waals surface area contributed by atoms with Crippen molar-refractivity contribution in [1.29, 1.82) is 0 Å². The Labute approximate surface area is 157 Å². The fourth-order valence-electron chi connectivity index (χ4n) is 3.54. The highest BCUT2D eigenvalue weighted by Gasteiger charge is 2.30. The molecule has 0 aromatic carbocycles. The summed E-state index contributed by atoms with van der Waals surface area (Å²) < 4.78 is 10.9. The van der Waals surface area contributed by atoms with Crippen LogP contribution < -0.4 is 5.32 Å². The highest BCUT2D eigenvalue weighted by molar-refractivity contribution is 14.0. The van der Waals surface area contributed by atoms with Crippen molar-refractivity contribution in [2.24, 2.45) is 10.9 Å². The van der Waals surface area contributed by atoms with Crippen molar-refractivity contribution in [2.75, 3.05) is 65.7 Å². The smallest absolute Gasteiger partial charge is 0.193 e. The molecule has 0 saturated carbocycles. The normalized spacial score (nSPS) is 29.6. The molecule has 3 heterocycles. The number of nitrogens with one attached hydrogen (secondary N) is 1. The third kappa shape index (κ3) is 5.44. The number of nitrogens with zero attached hydrogens (tertiary/aromatic N) is 3. The monoisotopic (exact) mass is 438 g/mol. The molecule has 1 N–H and O–H groups in total. The molecule has 0 amide bonds. The van der Waals surface area contributed by atoms with Crippen molar-refractivity contribution in [1.82, 2.24) is 15.1 Å². The standard InChI is InChI=1S/C16H30N4O2.HI/c1-2-17-16(18-11-14-4-8-22-13-14)20-5-3-15(12-20)19-6-9-21-10-7-19;/h14-15H,2-13H2,1H3,(H,17,18);1H. The van der Waals surface area contributed by atoms with Crippen LogP contribution in [-0.4, -0.2) is 87.5 Å². The molecule has 23 heavy (non-hydrogen) atoms. The van der Waals surface area contributed by atoms with Crippen LogP contribution in [0.15, 0.2) is 4.99 Å².